The Morgan fingerprint density at radius 1 is 1.47 bits per heavy atom. The van der Waals surface area contributed by atoms with Crippen LogP contribution < -0.4 is 4.90 Å². The number of ketones is 1. The average molecular weight is 246 g/mol. The van der Waals surface area contributed by atoms with Gasteiger partial charge in [-0.25, -0.2) is 0 Å². The van der Waals surface area contributed by atoms with Crippen molar-refractivity contribution in [2.24, 2.45) is 0 Å². The first kappa shape index (κ1) is 10.9. The second-order valence-corrected chi connectivity index (χ2v) is 4.62. The Balaban J connectivity index is 2.08. The average Bonchev–Trinajstić information content (AvgIpc) is 2.78. The van der Waals surface area contributed by atoms with Gasteiger partial charge < -0.3 is 9.64 Å². The van der Waals surface area contributed by atoms with Gasteiger partial charge in [-0.15, -0.1) is 22.9 Å². The number of alkyl halides is 1. The third-order valence-corrected chi connectivity index (χ3v) is 3.74. The van der Waals surface area contributed by atoms with Crippen molar-refractivity contribution in [3.05, 3.63) is 17.0 Å². The van der Waals surface area contributed by atoms with Crippen LogP contribution in [0.15, 0.2) is 12.1 Å². The lowest BCUT2D eigenvalue weighted by atomic mass is 10.3. The molecule has 2 heterocycles. The number of anilines is 1. The summed E-state index contributed by atoms with van der Waals surface area (Å²) in [5.41, 5.74) is 0. The van der Waals surface area contributed by atoms with E-state index in [1.807, 2.05) is 12.1 Å². The molecular formula is C10H12ClNO2S. The van der Waals surface area contributed by atoms with Gasteiger partial charge in [0.25, 0.3) is 0 Å². The summed E-state index contributed by atoms with van der Waals surface area (Å²) in [7, 11) is 0. The fourth-order valence-corrected chi connectivity index (χ4v) is 2.72. The maximum absolute atomic E-state index is 11.3. The first-order chi connectivity index (χ1) is 7.31. The molecule has 82 valence electrons. The highest BCUT2D eigenvalue weighted by Gasteiger charge is 2.15. The predicted molar refractivity (Wildman–Crippen MR) is 62.4 cm³/mol. The first-order valence-electron chi connectivity index (χ1n) is 4.83. The molecule has 0 unspecified atom stereocenters. The summed E-state index contributed by atoms with van der Waals surface area (Å²) in [5.74, 6) is 0.0597. The Morgan fingerprint density at radius 3 is 2.87 bits per heavy atom. The number of morpholine rings is 1. The molecule has 1 saturated heterocycles. The van der Waals surface area contributed by atoms with E-state index in [9.17, 15) is 4.79 Å². The number of nitrogens with zero attached hydrogens (tertiary/aromatic N) is 1. The summed E-state index contributed by atoms with van der Waals surface area (Å²) in [5, 5.41) is 1.13. The largest absolute Gasteiger partial charge is 0.378 e. The molecule has 0 N–H and O–H groups in total. The van der Waals surface area contributed by atoms with E-state index in [2.05, 4.69) is 4.90 Å². The van der Waals surface area contributed by atoms with Crippen molar-refractivity contribution < 1.29 is 9.53 Å². The van der Waals surface area contributed by atoms with Gasteiger partial charge in [0.05, 0.1) is 29.0 Å². The highest BCUT2D eigenvalue weighted by molar-refractivity contribution is 7.18. The maximum Gasteiger partial charge on any atom is 0.187 e. The molecule has 0 amide bonds. The zero-order valence-corrected chi connectivity index (χ0v) is 9.81. The number of carbonyl (C=O) groups is 1. The van der Waals surface area contributed by atoms with Gasteiger partial charge in [-0.2, -0.15) is 0 Å². The first-order valence-corrected chi connectivity index (χ1v) is 6.18. The van der Waals surface area contributed by atoms with Crippen LogP contribution >= 0.6 is 22.9 Å². The molecule has 1 aliphatic heterocycles. The number of thiophene rings is 1. The minimum Gasteiger partial charge on any atom is -0.378 e. The smallest absolute Gasteiger partial charge is 0.187 e. The van der Waals surface area contributed by atoms with Crippen LogP contribution in [-0.2, 0) is 4.74 Å². The summed E-state index contributed by atoms with van der Waals surface area (Å²) in [6.07, 6.45) is 0. The molecule has 0 spiro atoms. The van der Waals surface area contributed by atoms with E-state index < -0.39 is 0 Å². The second-order valence-electron chi connectivity index (χ2n) is 3.29. The predicted octanol–water partition coefficient (Wildman–Crippen LogP) is 2.01. The zero-order valence-electron chi connectivity index (χ0n) is 8.24. The molecule has 1 fully saturated rings. The second kappa shape index (κ2) is 4.96. The van der Waals surface area contributed by atoms with Crippen LogP contribution in [0.5, 0.6) is 0 Å². The number of Topliss-reactive ketones (excluding diaryl/α,β-unsaturated/α-hetero) is 1. The Labute approximate surface area is 97.6 Å². The lowest BCUT2D eigenvalue weighted by molar-refractivity contribution is 0.102. The van der Waals surface area contributed by atoms with E-state index in [0.29, 0.717) is 0 Å². The van der Waals surface area contributed by atoms with E-state index in [1.165, 1.54) is 11.3 Å². The van der Waals surface area contributed by atoms with Gasteiger partial charge in [0.15, 0.2) is 5.78 Å². The minimum absolute atomic E-state index is 0.00109. The summed E-state index contributed by atoms with van der Waals surface area (Å²) in [4.78, 5) is 14.3. The molecule has 15 heavy (non-hydrogen) atoms. The van der Waals surface area contributed by atoms with E-state index in [0.717, 1.165) is 36.2 Å². The highest BCUT2D eigenvalue weighted by atomic mass is 35.5. The fraction of sp³-hybridized carbons (Fsp3) is 0.500. The summed E-state index contributed by atoms with van der Waals surface area (Å²) in [6, 6.07) is 3.83. The van der Waals surface area contributed by atoms with E-state index in [4.69, 9.17) is 16.3 Å². The van der Waals surface area contributed by atoms with Crippen molar-refractivity contribution in [1.82, 2.24) is 0 Å². The number of carbonyl (C=O) groups excluding carboxylic acids is 1. The summed E-state index contributed by atoms with van der Waals surface area (Å²) >= 11 is 7.01. The zero-order chi connectivity index (χ0) is 10.7. The normalized spacial score (nSPS) is 16.7. The number of hydrogen-bond acceptors (Lipinski definition) is 4. The highest BCUT2D eigenvalue weighted by Crippen LogP contribution is 2.27. The van der Waals surface area contributed by atoms with Gasteiger partial charge in [-0.1, -0.05) is 0 Å². The molecule has 0 aromatic carbocycles. The number of rotatable bonds is 3. The van der Waals surface area contributed by atoms with E-state index in [-0.39, 0.29) is 11.7 Å². The molecule has 2 rings (SSSR count). The van der Waals surface area contributed by atoms with Crippen molar-refractivity contribution in [2.45, 2.75) is 0 Å². The van der Waals surface area contributed by atoms with E-state index in [1.54, 1.807) is 0 Å². The van der Waals surface area contributed by atoms with Gasteiger partial charge in [0.2, 0.25) is 0 Å². The molecule has 0 aliphatic carbocycles. The van der Waals surface area contributed by atoms with E-state index >= 15 is 0 Å². The molecule has 1 aromatic heterocycles. The monoisotopic (exact) mass is 245 g/mol. The molecular weight excluding hydrogens is 234 g/mol. The van der Waals surface area contributed by atoms with Gasteiger partial charge in [-0.3, -0.25) is 4.79 Å². The van der Waals surface area contributed by atoms with Crippen molar-refractivity contribution >= 4 is 33.7 Å². The van der Waals surface area contributed by atoms with Gasteiger partial charge in [-0.05, 0) is 12.1 Å². The lowest BCUT2D eigenvalue weighted by Crippen LogP contribution is -2.35. The molecule has 3 nitrogen and oxygen atoms in total. The Kier molecular flexibility index (Phi) is 3.61. The summed E-state index contributed by atoms with van der Waals surface area (Å²) in [6.45, 7) is 3.32. The standard InChI is InChI=1S/C10H12ClNO2S/c11-7-8(13)9-1-2-10(15-9)12-3-5-14-6-4-12/h1-2H,3-7H2. The Bertz CT molecular complexity index is 347. The third-order valence-electron chi connectivity index (χ3n) is 2.31. The topological polar surface area (TPSA) is 29.5 Å². The van der Waals surface area contributed by atoms with Crippen LogP contribution in [0.2, 0.25) is 0 Å². The van der Waals surface area contributed by atoms with Crippen molar-refractivity contribution in [1.29, 1.82) is 0 Å². The SMILES string of the molecule is O=C(CCl)c1ccc(N2CCOCC2)s1. The molecule has 1 aliphatic rings. The molecule has 1 aromatic rings. The van der Waals surface area contributed by atoms with Crippen LogP contribution in [0.25, 0.3) is 0 Å². The van der Waals surface area contributed by atoms with Crippen LogP contribution in [-0.4, -0.2) is 38.0 Å². The Morgan fingerprint density at radius 2 is 2.20 bits per heavy atom. The quantitative estimate of drug-likeness (QED) is 0.603. The van der Waals surface area contributed by atoms with Gasteiger partial charge in [0, 0.05) is 13.1 Å². The Hall–Kier alpha value is -0.580. The summed E-state index contributed by atoms with van der Waals surface area (Å²) < 4.78 is 5.27. The van der Waals surface area contributed by atoms with Gasteiger partial charge in [0.1, 0.15) is 0 Å². The molecule has 0 radical (unpaired) electrons. The van der Waals surface area contributed by atoms with Crippen LogP contribution in [0, 0.1) is 0 Å². The van der Waals surface area contributed by atoms with Crippen molar-refractivity contribution in [3.63, 3.8) is 0 Å². The lowest BCUT2D eigenvalue weighted by Gasteiger charge is -2.27. The van der Waals surface area contributed by atoms with Crippen molar-refractivity contribution in [2.75, 3.05) is 37.1 Å². The molecule has 0 bridgehead atoms. The number of halogens is 1. The van der Waals surface area contributed by atoms with Crippen molar-refractivity contribution in [3.8, 4) is 0 Å². The third kappa shape index (κ3) is 2.51. The molecule has 5 heteroatoms. The van der Waals surface area contributed by atoms with Gasteiger partial charge >= 0.3 is 0 Å². The molecule has 0 saturated carbocycles. The van der Waals surface area contributed by atoms with Crippen LogP contribution in [0.3, 0.4) is 0 Å². The maximum atomic E-state index is 11.3. The van der Waals surface area contributed by atoms with Crippen LogP contribution in [0.1, 0.15) is 9.67 Å². The number of ether oxygens (including phenoxy) is 1. The fourth-order valence-electron chi connectivity index (χ4n) is 1.50. The minimum atomic E-state index is 0.00109. The van der Waals surface area contributed by atoms with Crippen LogP contribution in [0.4, 0.5) is 5.00 Å². The number of hydrogen-bond donors (Lipinski definition) is 0. The molecule has 0 atom stereocenters.